The van der Waals surface area contributed by atoms with Gasteiger partial charge in [-0.1, -0.05) is 12.8 Å². The van der Waals surface area contributed by atoms with Gasteiger partial charge in [-0.25, -0.2) is 0 Å². The predicted octanol–water partition coefficient (Wildman–Crippen LogP) is 1.86. The van der Waals surface area contributed by atoms with Crippen molar-refractivity contribution in [2.24, 2.45) is 5.41 Å². The summed E-state index contributed by atoms with van der Waals surface area (Å²) in [6, 6.07) is -0.191. The molecule has 1 aliphatic carbocycles. The van der Waals surface area contributed by atoms with Crippen molar-refractivity contribution in [3.05, 3.63) is 0 Å². The van der Waals surface area contributed by atoms with Crippen molar-refractivity contribution in [3.63, 3.8) is 0 Å². The van der Waals surface area contributed by atoms with Crippen LogP contribution in [0.4, 0.5) is 0 Å². The first kappa shape index (κ1) is 13.5. The SMILES string of the molecule is CC(O)CC(C)N1C(=O)CC2(CCCC2)CC1=O. The van der Waals surface area contributed by atoms with Crippen LogP contribution >= 0.6 is 0 Å². The van der Waals surface area contributed by atoms with E-state index in [0.717, 1.165) is 25.7 Å². The molecule has 102 valence electrons. The largest absolute Gasteiger partial charge is 0.393 e. The third-order valence-corrected chi connectivity index (χ3v) is 4.38. The van der Waals surface area contributed by atoms with Crippen LogP contribution in [0.25, 0.3) is 0 Å². The Balaban J connectivity index is 2.07. The van der Waals surface area contributed by atoms with Gasteiger partial charge in [0.2, 0.25) is 11.8 Å². The van der Waals surface area contributed by atoms with Crippen LogP contribution in [0.1, 0.15) is 58.8 Å². The van der Waals surface area contributed by atoms with Crippen LogP contribution in [0.5, 0.6) is 0 Å². The number of aliphatic hydroxyl groups is 1. The van der Waals surface area contributed by atoms with Crippen LogP contribution in [-0.4, -0.2) is 34.0 Å². The van der Waals surface area contributed by atoms with E-state index in [1.165, 1.54) is 4.90 Å². The molecular weight excluding hydrogens is 230 g/mol. The molecule has 2 atom stereocenters. The fraction of sp³-hybridized carbons (Fsp3) is 0.857. The molecule has 0 bridgehead atoms. The molecule has 0 radical (unpaired) electrons. The molecule has 2 rings (SSSR count). The van der Waals surface area contributed by atoms with E-state index in [-0.39, 0.29) is 23.3 Å². The van der Waals surface area contributed by atoms with Gasteiger partial charge in [-0.3, -0.25) is 14.5 Å². The molecule has 2 aliphatic rings. The third kappa shape index (κ3) is 2.58. The van der Waals surface area contributed by atoms with Gasteiger partial charge in [-0.15, -0.1) is 0 Å². The second-order valence-electron chi connectivity index (χ2n) is 6.15. The Kier molecular flexibility index (Phi) is 3.76. The molecule has 0 aromatic carbocycles. The minimum absolute atomic E-state index is 0.0325. The quantitative estimate of drug-likeness (QED) is 0.781. The monoisotopic (exact) mass is 253 g/mol. The summed E-state index contributed by atoms with van der Waals surface area (Å²) in [5.41, 5.74) is -0.0325. The van der Waals surface area contributed by atoms with Gasteiger partial charge >= 0.3 is 0 Å². The molecule has 0 aromatic rings. The molecule has 4 heteroatoms. The second-order valence-corrected chi connectivity index (χ2v) is 6.15. The highest BCUT2D eigenvalue weighted by molar-refractivity contribution is 5.99. The van der Waals surface area contributed by atoms with Crippen LogP contribution in [0.3, 0.4) is 0 Å². The van der Waals surface area contributed by atoms with Crippen LogP contribution in [0.2, 0.25) is 0 Å². The van der Waals surface area contributed by atoms with E-state index in [2.05, 4.69) is 0 Å². The van der Waals surface area contributed by atoms with Crippen molar-refractivity contribution in [2.75, 3.05) is 0 Å². The van der Waals surface area contributed by atoms with Crippen LogP contribution < -0.4 is 0 Å². The molecule has 0 aromatic heterocycles. The molecule has 1 saturated heterocycles. The Labute approximate surface area is 108 Å². The normalized spacial score (nSPS) is 26.7. The Hall–Kier alpha value is -0.900. The highest BCUT2D eigenvalue weighted by Crippen LogP contribution is 2.47. The average Bonchev–Trinajstić information content (AvgIpc) is 2.63. The highest BCUT2D eigenvalue weighted by atomic mass is 16.3. The summed E-state index contributed by atoms with van der Waals surface area (Å²) in [7, 11) is 0. The lowest BCUT2D eigenvalue weighted by Gasteiger charge is -2.40. The zero-order valence-corrected chi connectivity index (χ0v) is 11.3. The smallest absolute Gasteiger partial charge is 0.229 e. The summed E-state index contributed by atoms with van der Waals surface area (Å²) >= 11 is 0. The molecule has 1 aliphatic heterocycles. The zero-order chi connectivity index (χ0) is 13.3. The number of carbonyl (C=O) groups is 2. The Morgan fingerprint density at radius 1 is 1.17 bits per heavy atom. The molecule has 1 N–H and O–H groups in total. The number of imide groups is 1. The summed E-state index contributed by atoms with van der Waals surface area (Å²) in [4.78, 5) is 25.8. The van der Waals surface area contributed by atoms with E-state index < -0.39 is 6.10 Å². The van der Waals surface area contributed by atoms with Gasteiger partial charge in [-0.05, 0) is 38.5 Å². The van der Waals surface area contributed by atoms with Gasteiger partial charge in [0.1, 0.15) is 0 Å². The fourth-order valence-electron chi connectivity index (χ4n) is 3.58. The predicted molar refractivity (Wildman–Crippen MR) is 67.7 cm³/mol. The van der Waals surface area contributed by atoms with E-state index in [1.54, 1.807) is 6.92 Å². The Morgan fingerprint density at radius 2 is 1.67 bits per heavy atom. The maximum Gasteiger partial charge on any atom is 0.229 e. The topological polar surface area (TPSA) is 57.6 Å². The van der Waals surface area contributed by atoms with Gasteiger partial charge in [0.25, 0.3) is 0 Å². The Morgan fingerprint density at radius 3 is 2.11 bits per heavy atom. The van der Waals surface area contributed by atoms with Crippen molar-refractivity contribution >= 4 is 11.8 Å². The summed E-state index contributed by atoms with van der Waals surface area (Å²) in [6.45, 7) is 3.53. The molecule has 4 nitrogen and oxygen atoms in total. The first-order valence-electron chi connectivity index (χ1n) is 6.96. The first-order valence-corrected chi connectivity index (χ1v) is 6.96. The number of hydrogen-bond donors (Lipinski definition) is 1. The van der Waals surface area contributed by atoms with E-state index in [0.29, 0.717) is 19.3 Å². The van der Waals surface area contributed by atoms with Gasteiger partial charge in [-0.2, -0.15) is 0 Å². The van der Waals surface area contributed by atoms with Crippen molar-refractivity contribution < 1.29 is 14.7 Å². The minimum atomic E-state index is -0.483. The number of hydrogen-bond acceptors (Lipinski definition) is 3. The van der Waals surface area contributed by atoms with E-state index in [1.807, 2.05) is 6.92 Å². The molecular formula is C14H23NO3. The standard InChI is InChI=1S/C14H23NO3/c1-10(7-11(2)16)15-12(17)8-14(9-13(15)18)5-3-4-6-14/h10-11,16H,3-9H2,1-2H3. The molecule has 2 amide bonds. The zero-order valence-electron chi connectivity index (χ0n) is 11.3. The maximum atomic E-state index is 12.2. The number of aliphatic hydroxyl groups excluding tert-OH is 1. The number of likely N-dealkylation sites (tertiary alicyclic amines) is 1. The molecule has 1 saturated carbocycles. The lowest BCUT2D eigenvalue weighted by molar-refractivity contribution is -0.156. The summed E-state index contributed by atoms with van der Waals surface area (Å²) < 4.78 is 0. The number of carbonyl (C=O) groups excluding carboxylic acids is 2. The fourth-order valence-corrected chi connectivity index (χ4v) is 3.58. The summed E-state index contributed by atoms with van der Waals surface area (Å²) in [5.74, 6) is -0.0809. The maximum absolute atomic E-state index is 12.2. The highest BCUT2D eigenvalue weighted by Gasteiger charge is 2.46. The molecule has 2 fully saturated rings. The Bertz CT molecular complexity index is 325. The molecule has 1 heterocycles. The minimum Gasteiger partial charge on any atom is -0.393 e. The van der Waals surface area contributed by atoms with Gasteiger partial charge in [0.05, 0.1) is 6.10 Å². The van der Waals surface area contributed by atoms with Crippen molar-refractivity contribution in [3.8, 4) is 0 Å². The molecule has 1 spiro atoms. The van der Waals surface area contributed by atoms with Crippen LogP contribution in [0, 0.1) is 5.41 Å². The number of rotatable bonds is 3. The van der Waals surface area contributed by atoms with E-state index in [4.69, 9.17) is 0 Å². The van der Waals surface area contributed by atoms with Crippen LogP contribution in [0.15, 0.2) is 0 Å². The van der Waals surface area contributed by atoms with Gasteiger partial charge in [0.15, 0.2) is 0 Å². The third-order valence-electron chi connectivity index (χ3n) is 4.38. The van der Waals surface area contributed by atoms with Gasteiger partial charge in [0, 0.05) is 18.9 Å². The molecule has 18 heavy (non-hydrogen) atoms. The number of amides is 2. The second kappa shape index (κ2) is 5.00. The average molecular weight is 253 g/mol. The van der Waals surface area contributed by atoms with Gasteiger partial charge < -0.3 is 5.11 Å². The van der Waals surface area contributed by atoms with Crippen LogP contribution in [-0.2, 0) is 9.59 Å². The molecule has 2 unspecified atom stereocenters. The van der Waals surface area contributed by atoms with Crippen molar-refractivity contribution in [1.29, 1.82) is 0 Å². The van der Waals surface area contributed by atoms with E-state index >= 15 is 0 Å². The number of nitrogens with zero attached hydrogens (tertiary/aromatic N) is 1. The van der Waals surface area contributed by atoms with Crippen molar-refractivity contribution in [2.45, 2.75) is 70.9 Å². The summed E-state index contributed by atoms with van der Waals surface area (Å²) in [6.07, 6.45) is 5.33. The van der Waals surface area contributed by atoms with Crippen molar-refractivity contribution in [1.82, 2.24) is 4.90 Å². The summed E-state index contributed by atoms with van der Waals surface area (Å²) in [5, 5.41) is 9.38. The number of piperidine rings is 1. The first-order chi connectivity index (χ1) is 8.43. The van der Waals surface area contributed by atoms with E-state index in [9.17, 15) is 14.7 Å². The lowest BCUT2D eigenvalue weighted by atomic mass is 9.76. The lowest BCUT2D eigenvalue weighted by Crippen LogP contribution is -2.51.